The largest absolute Gasteiger partial charge is 0.481 e. The summed E-state index contributed by atoms with van der Waals surface area (Å²) < 4.78 is 5.04. The van der Waals surface area contributed by atoms with Crippen LogP contribution in [0.25, 0.3) is 0 Å². The van der Waals surface area contributed by atoms with Crippen LogP contribution in [0, 0.1) is 19.3 Å². The molecule has 116 valence electrons. The summed E-state index contributed by atoms with van der Waals surface area (Å²) in [5.74, 6) is -0.145. The van der Waals surface area contributed by atoms with E-state index in [0.717, 1.165) is 11.3 Å². The summed E-state index contributed by atoms with van der Waals surface area (Å²) in [6, 6.07) is -0.244. The molecule has 1 atom stereocenters. The van der Waals surface area contributed by atoms with Crippen LogP contribution >= 0.6 is 0 Å². The topological polar surface area (TPSA) is 95.7 Å². The van der Waals surface area contributed by atoms with Gasteiger partial charge >= 0.3 is 12.0 Å². The van der Waals surface area contributed by atoms with Gasteiger partial charge in [0.2, 0.25) is 0 Å². The second kappa shape index (κ2) is 5.75. The third-order valence-electron chi connectivity index (χ3n) is 4.37. The molecular weight excluding hydrogens is 274 g/mol. The van der Waals surface area contributed by atoms with E-state index in [2.05, 4.69) is 10.5 Å². The number of hydrogen-bond acceptors (Lipinski definition) is 4. The summed E-state index contributed by atoms with van der Waals surface area (Å²) in [5.41, 5.74) is 0.811. The lowest BCUT2D eigenvalue weighted by Gasteiger charge is -2.23. The first-order valence-corrected chi connectivity index (χ1v) is 7.07. The highest BCUT2D eigenvalue weighted by atomic mass is 16.5. The molecule has 1 aliphatic heterocycles. The molecular formula is C14H21N3O4. The van der Waals surface area contributed by atoms with Crippen molar-refractivity contribution in [3.63, 3.8) is 0 Å². The van der Waals surface area contributed by atoms with Crippen LogP contribution in [0.1, 0.15) is 36.8 Å². The number of carboxylic acids is 1. The van der Waals surface area contributed by atoms with E-state index in [0.29, 0.717) is 31.7 Å². The van der Waals surface area contributed by atoms with E-state index in [-0.39, 0.29) is 12.6 Å². The standard InChI is InChI=1S/C14H21N3O4/c1-4-14(12(18)19)5-6-17(8-14)13(20)15-7-11-9(2)16-21-10(11)3/h4-8H2,1-3H3,(H,15,20)(H,18,19). The SMILES string of the molecule is CCC1(C(=O)O)CCN(C(=O)NCc2c(C)noc2C)C1. The molecule has 0 radical (unpaired) electrons. The van der Waals surface area contributed by atoms with E-state index in [4.69, 9.17) is 4.52 Å². The zero-order valence-corrected chi connectivity index (χ0v) is 12.6. The first-order chi connectivity index (χ1) is 9.89. The summed E-state index contributed by atoms with van der Waals surface area (Å²) in [5, 5.41) is 16.0. The Balaban J connectivity index is 1.95. The van der Waals surface area contributed by atoms with Gasteiger partial charge in [0.1, 0.15) is 5.76 Å². The van der Waals surface area contributed by atoms with E-state index < -0.39 is 11.4 Å². The molecule has 0 aromatic carbocycles. The van der Waals surface area contributed by atoms with Gasteiger partial charge in [-0.15, -0.1) is 0 Å². The van der Waals surface area contributed by atoms with Gasteiger partial charge in [-0.25, -0.2) is 4.79 Å². The van der Waals surface area contributed by atoms with Crippen molar-refractivity contribution >= 4 is 12.0 Å². The summed E-state index contributed by atoms with van der Waals surface area (Å²) in [6.07, 6.45) is 1.02. The maximum atomic E-state index is 12.2. The monoisotopic (exact) mass is 295 g/mol. The average molecular weight is 295 g/mol. The number of aliphatic carboxylic acids is 1. The van der Waals surface area contributed by atoms with Crippen molar-refractivity contribution in [3.8, 4) is 0 Å². The zero-order chi connectivity index (χ0) is 15.6. The van der Waals surface area contributed by atoms with Crippen LogP contribution in [0.4, 0.5) is 4.79 Å². The van der Waals surface area contributed by atoms with E-state index in [1.807, 2.05) is 13.8 Å². The molecule has 0 saturated carbocycles. The number of amides is 2. The van der Waals surface area contributed by atoms with Gasteiger partial charge in [-0.3, -0.25) is 4.79 Å². The minimum Gasteiger partial charge on any atom is -0.481 e. The van der Waals surface area contributed by atoms with Gasteiger partial charge in [-0.05, 0) is 26.7 Å². The highest BCUT2D eigenvalue weighted by molar-refractivity contribution is 5.79. The molecule has 2 N–H and O–H groups in total. The minimum absolute atomic E-state index is 0.244. The number of nitrogens with one attached hydrogen (secondary N) is 1. The minimum atomic E-state index is -0.828. The quantitative estimate of drug-likeness (QED) is 0.881. The van der Waals surface area contributed by atoms with Crippen LogP contribution < -0.4 is 5.32 Å². The molecule has 7 nitrogen and oxygen atoms in total. The Morgan fingerprint density at radius 2 is 2.19 bits per heavy atom. The molecule has 1 saturated heterocycles. The predicted molar refractivity (Wildman–Crippen MR) is 74.8 cm³/mol. The van der Waals surface area contributed by atoms with Crippen molar-refractivity contribution in [1.82, 2.24) is 15.4 Å². The fourth-order valence-electron chi connectivity index (χ4n) is 2.69. The molecule has 1 aliphatic rings. The third-order valence-corrected chi connectivity index (χ3v) is 4.37. The van der Waals surface area contributed by atoms with Gasteiger partial charge in [0.15, 0.2) is 0 Å². The second-order valence-electron chi connectivity index (χ2n) is 5.57. The number of hydrogen-bond donors (Lipinski definition) is 2. The average Bonchev–Trinajstić information content (AvgIpc) is 3.02. The molecule has 0 bridgehead atoms. The van der Waals surface area contributed by atoms with Gasteiger partial charge < -0.3 is 19.8 Å². The summed E-state index contributed by atoms with van der Waals surface area (Å²) in [6.45, 7) is 6.52. The van der Waals surface area contributed by atoms with E-state index in [1.165, 1.54) is 0 Å². The van der Waals surface area contributed by atoms with Crippen molar-refractivity contribution < 1.29 is 19.2 Å². The number of carboxylic acid groups (broad SMARTS) is 1. The first-order valence-electron chi connectivity index (χ1n) is 7.07. The number of rotatable bonds is 4. The molecule has 2 rings (SSSR count). The second-order valence-corrected chi connectivity index (χ2v) is 5.57. The fourth-order valence-corrected chi connectivity index (χ4v) is 2.69. The van der Waals surface area contributed by atoms with E-state index >= 15 is 0 Å². The molecule has 2 heterocycles. The number of nitrogens with zero attached hydrogens (tertiary/aromatic N) is 2. The summed E-state index contributed by atoms with van der Waals surface area (Å²) >= 11 is 0. The molecule has 1 unspecified atom stereocenters. The smallest absolute Gasteiger partial charge is 0.317 e. The molecule has 7 heteroatoms. The maximum Gasteiger partial charge on any atom is 0.317 e. The van der Waals surface area contributed by atoms with Crippen LogP contribution in [-0.4, -0.2) is 40.3 Å². The highest BCUT2D eigenvalue weighted by Gasteiger charge is 2.44. The van der Waals surface area contributed by atoms with Gasteiger partial charge in [0, 0.05) is 25.2 Å². The molecule has 2 amide bonds. The third kappa shape index (κ3) is 2.86. The van der Waals surface area contributed by atoms with Crippen molar-refractivity contribution in [1.29, 1.82) is 0 Å². The Hall–Kier alpha value is -2.05. The predicted octanol–water partition coefficient (Wildman–Crippen LogP) is 1.69. The first kappa shape index (κ1) is 15.3. The molecule has 0 aliphatic carbocycles. The van der Waals surface area contributed by atoms with E-state index in [9.17, 15) is 14.7 Å². The number of carbonyl (C=O) groups excluding carboxylic acids is 1. The molecule has 21 heavy (non-hydrogen) atoms. The van der Waals surface area contributed by atoms with Gasteiger partial charge in [0.05, 0.1) is 11.1 Å². The van der Waals surface area contributed by atoms with Crippen LogP contribution in [0.5, 0.6) is 0 Å². The van der Waals surface area contributed by atoms with Crippen molar-refractivity contribution in [2.75, 3.05) is 13.1 Å². The maximum absolute atomic E-state index is 12.2. The number of aromatic nitrogens is 1. The Labute approximate surface area is 123 Å². The number of carbonyl (C=O) groups is 2. The molecule has 1 fully saturated rings. The number of aryl methyl sites for hydroxylation is 2. The Bertz CT molecular complexity index is 535. The fraction of sp³-hybridized carbons (Fsp3) is 0.643. The lowest BCUT2D eigenvalue weighted by atomic mass is 9.84. The Morgan fingerprint density at radius 3 is 2.67 bits per heavy atom. The lowest BCUT2D eigenvalue weighted by Crippen LogP contribution is -2.41. The molecule has 1 aromatic heterocycles. The van der Waals surface area contributed by atoms with Crippen molar-refractivity contribution in [2.45, 2.75) is 40.2 Å². The van der Waals surface area contributed by atoms with Gasteiger partial charge in [0.25, 0.3) is 0 Å². The van der Waals surface area contributed by atoms with Crippen molar-refractivity contribution in [3.05, 3.63) is 17.0 Å². The Morgan fingerprint density at radius 1 is 1.48 bits per heavy atom. The Kier molecular flexibility index (Phi) is 4.20. The van der Waals surface area contributed by atoms with Crippen LogP contribution in [0.3, 0.4) is 0 Å². The zero-order valence-electron chi connectivity index (χ0n) is 12.6. The van der Waals surface area contributed by atoms with Gasteiger partial charge in [-0.2, -0.15) is 0 Å². The summed E-state index contributed by atoms with van der Waals surface area (Å²) in [7, 11) is 0. The van der Waals surface area contributed by atoms with Crippen LogP contribution in [0.15, 0.2) is 4.52 Å². The number of likely N-dealkylation sites (tertiary alicyclic amines) is 1. The summed E-state index contributed by atoms with van der Waals surface area (Å²) in [4.78, 5) is 25.1. The molecule has 1 aromatic rings. The van der Waals surface area contributed by atoms with Crippen molar-refractivity contribution in [2.24, 2.45) is 5.41 Å². The van der Waals surface area contributed by atoms with Gasteiger partial charge in [-0.1, -0.05) is 12.1 Å². The van der Waals surface area contributed by atoms with Crippen LogP contribution in [0.2, 0.25) is 0 Å². The number of urea groups is 1. The normalized spacial score (nSPS) is 21.6. The highest BCUT2D eigenvalue weighted by Crippen LogP contribution is 2.34. The lowest BCUT2D eigenvalue weighted by molar-refractivity contribution is -0.148. The van der Waals surface area contributed by atoms with Crippen LogP contribution in [-0.2, 0) is 11.3 Å². The molecule has 0 spiro atoms. The van der Waals surface area contributed by atoms with E-state index in [1.54, 1.807) is 11.8 Å².